The van der Waals surface area contributed by atoms with Crippen LogP contribution in [0.15, 0.2) is 53.6 Å². The second-order valence-electron chi connectivity index (χ2n) is 9.65. The molecule has 0 aliphatic heterocycles. The molecule has 0 atom stereocenters. The number of nitrogens with zero attached hydrogens (tertiary/aromatic N) is 3. The molecule has 0 aliphatic carbocycles. The molecule has 0 spiro atoms. The van der Waals surface area contributed by atoms with Gasteiger partial charge in [-0.3, -0.25) is 4.79 Å². The van der Waals surface area contributed by atoms with Crippen LogP contribution >= 0.6 is 0 Å². The van der Waals surface area contributed by atoms with Gasteiger partial charge in [-0.05, 0) is 36.4 Å². The number of benzene rings is 2. The van der Waals surface area contributed by atoms with Crippen LogP contribution in [0.1, 0.15) is 0 Å². The third-order valence-corrected chi connectivity index (χ3v) is 7.30. The molecular weight excluding hydrogens is 470 g/mol. The van der Waals surface area contributed by atoms with Crippen LogP contribution in [0.2, 0.25) is 25.7 Å². The maximum atomic E-state index is 14.3. The Balaban J connectivity index is 1.76. The van der Waals surface area contributed by atoms with Gasteiger partial charge in [0, 0.05) is 56.2 Å². The smallest absolute Gasteiger partial charge is 0.276 e. The number of hydrogen-bond donors (Lipinski definition) is 1. The van der Waals surface area contributed by atoms with Crippen molar-refractivity contribution in [2.75, 3.05) is 12.3 Å². The molecule has 4 rings (SSSR count). The van der Waals surface area contributed by atoms with E-state index in [0.717, 1.165) is 18.2 Å². The second kappa shape index (κ2) is 9.63. The first kappa shape index (κ1) is 24.6. The van der Waals surface area contributed by atoms with Crippen LogP contribution in [0.4, 0.5) is 14.5 Å². The molecule has 0 unspecified atom stereocenters. The van der Waals surface area contributed by atoms with E-state index in [9.17, 15) is 13.6 Å². The van der Waals surface area contributed by atoms with Crippen molar-refractivity contribution in [3.63, 3.8) is 0 Å². The Hall–Kier alpha value is -3.50. The number of hydrogen-bond acceptors (Lipinski definition) is 5. The Bertz CT molecular complexity index is 1440. The molecule has 0 saturated carbocycles. The third-order valence-electron chi connectivity index (χ3n) is 5.59. The molecule has 2 aromatic carbocycles. The minimum Gasteiger partial charge on any atom is -0.454 e. The summed E-state index contributed by atoms with van der Waals surface area (Å²) >= 11 is 0. The van der Waals surface area contributed by atoms with Crippen molar-refractivity contribution < 1.29 is 18.3 Å². The van der Waals surface area contributed by atoms with Crippen LogP contribution in [-0.4, -0.2) is 29.0 Å². The zero-order chi connectivity index (χ0) is 25.3. The van der Waals surface area contributed by atoms with Gasteiger partial charge in [-0.25, -0.2) is 13.5 Å². The average molecular weight is 499 g/mol. The molecule has 10 heteroatoms. The number of fused-ring (bicyclic) bond motifs is 1. The van der Waals surface area contributed by atoms with Crippen molar-refractivity contribution in [2.45, 2.75) is 32.4 Å². The largest absolute Gasteiger partial charge is 0.454 e. The van der Waals surface area contributed by atoms with Gasteiger partial charge in [0.25, 0.3) is 5.56 Å². The molecule has 2 heterocycles. The van der Waals surface area contributed by atoms with E-state index in [-0.39, 0.29) is 18.0 Å². The van der Waals surface area contributed by atoms with Crippen LogP contribution in [0, 0.1) is 11.6 Å². The number of nitrogens with two attached hydrogens (primary N) is 1. The molecule has 2 aromatic heterocycles. The topological polar surface area (TPSA) is 84.3 Å². The molecule has 0 amide bonds. The van der Waals surface area contributed by atoms with Crippen molar-refractivity contribution in [2.24, 2.45) is 7.05 Å². The number of nitrogen functional groups attached to an aromatic ring is 1. The van der Waals surface area contributed by atoms with Gasteiger partial charge in [-0.15, -0.1) is 0 Å². The molecule has 184 valence electrons. The Kier molecular flexibility index (Phi) is 6.77. The van der Waals surface area contributed by atoms with Gasteiger partial charge < -0.3 is 19.8 Å². The summed E-state index contributed by atoms with van der Waals surface area (Å²) in [6.45, 7) is 7.54. The van der Waals surface area contributed by atoms with Crippen molar-refractivity contribution in [1.82, 2.24) is 14.3 Å². The summed E-state index contributed by atoms with van der Waals surface area (Å²) in [5, 5.41) is 4.97. The third kappa shape index (κ3) is 5.44. The molecule has 2 N–H and O–H groups in total. The van der Waals surface area contributed by atoms with Gasteiger partial charge >= 0.3 is 0 Å². The highest BCUT2D eigenvalue weighted by molar-refractivity contribution is 6.76. The molecule has 0 bridgehead atoms. The number of pyridine rings is 1. The summed E-state index contributed by atoms with van der Waals surface area (Å²) < 4.78 is 42.2. The molecule has 0 aliphatic rings. The molecule has 4 aromatic rings. The zero-order valence-electron chi connectivity index (χ0n) is 20.1. The summed E-state index contributed by atoms with van der Waals surface area (Å²) in [6.07, 6.45) is 3.25. The Morgan fingerprint density at radius 1 is 1.06 bits per heavy atom. The van der Waals surface area contributed by atoms with Gasteiger partial charge in [0.15, 0.2) is 11.6 Å². The van der Waals surface area contributed by atoms with Crippen LogP contribution < -0.4 is 16.0 Å². The Morgan fingerprint density at radius 2 is 1.80 bits per heavy atom. The number of rotatable bonds is 8. The van der Waals surface area contributed by atoms with Crippen molar-refractivity contribution >= 4 is 24.7 Å². The van der Waals surface area contributed by atoms with Crippen molar-refractivity contribution in [1.29, 1.82) is 0 Å². The summed E-state index contributed by atoms with van der Waals surface area (Å²) in [5.74, 6) is -1.37. The van der Waals surface area contributed by atoms with Crippen molar-refractivity contribution in [3.8, 4) is 22.6 Å². The molecule has 0 fully saturated rings. The molecule has 7 nitrogen and oxygen atoms in total. The first-order valence-electron chi connectivity index (χ1n) is 11.2. The first-order valence-corrected chi connectivity index (χ1v) is 14.9. The van der Waals surface area contributed by atoms with E-state index in [2.05, 4.69) is 24.7 Å². The fourth-order valence-corrected chi connectivity index (χ4v) is 4.42. The molecule has 35 heavy (non-hydrogen) atoms. The highest BCUT2D eigenvalue weighted by Crippen LogP contribution is 2.38. The standard InChI is InChI=1S/C25H28F2N4O3Si/c1-30-14-20(19-13-29-31(24(19)25(30)32)15-33-9-10-35(2,3)4)18-12-17(28)6-8-22(18)34-23-7-5-16(26)11-21(23)27/h5-8,11-14H,9-10,15,28H2,1-4H3. The summed E-state index contributed by atoms with van der Waals surface area (Å²) in [4.78, 5) is 13.0. The Morgan fingerprint density at radius 3 is 2.51 bits per heavy atom. The molecule has 0 saturated heterocycles. The number of ether oxygens (including phenoxy) is 2. The van der Waals surface area contributed by atoms with E-state index >= 15 is 0 Å². The van der Waals surface area contributed by atoms with Gasteiger partial charge in [-0.1, -0.05) is 19.6 Å². The predicted octanol–water partition coefficient (Wildman–Crippen LogP) is 5.37. The molecule has 0 radical (unpaired) electrons. The quantitative estimate of drug-likeness (QED) is 0.201. The monoisotopic (exact) mass is 498 g/mol. The summed E-state index contributed by atoms with van der Waals surface area (Å²) in [7, 11) is 0.389. The van der Waals surface area contributed by atoms with Crippen LogP contribution in [0.5, 0.6) is 11.5 Å². The lowest BCUT2D eigenvalue weighted by Gasteiger charge is -2.16. The predicted molar refractivity (Wildman–Crippen MR) is 135 cm³/mol. The van der Waals surface area contributed by atoms with Crippen molar-refractivity contribution in [3.05, 3.63) is 70.8 Å². The number of anilines is 1. The summed E-state index contributed by atoms with van der Waals surface area (Å²) in [5.41, 5.74) is 7.82. The lowest BCUT2D eigenvalue weighted by molar-refractivity contribution is 0.0815. The normalized spacial score (nSPS) is 11.8. The first-order chi connectivity index (χ1) is 16.5. The van der Waals surface area contributed by atoms with Crippen LogP contribution in [0.25, 0.3) is 22.0 Å². The number of halogens is 2. The highest BCUT2D eigenvalue weighted by atomic mass is 28.3. The maximum absolute atomic E-state index is 14.3. The van der Waals surface area contributed by atoms with E-state index in [4.69, 9.17) is 15.2 Å². The van der Waals surface area contributed by atoms with E-state index in [0.29, 0.717) is 40.1 Å². The van der Waals surface area contributed by atoms with E-state index in [1.165, 1.54) is 15.3 Å². The van der Waals surface area contributed by atoms with E-state index < -0.39 is 19.7 Å². The fourth-order valence-electron chi connectivity index (χ4n) is 3.66. The lowest BCUT2D eigenvalue weighted by atomic mass is 10.0. The van der Waals surface area contributed by atoms with Crippen LogP contribution in [0.3, 0.4) is 0 Å². The van der Waals surface area contributed by atoms with Gasteiger partial charge in [0.05, 0.1) is 6.20 Å². The highest BCUT2D eigenvalue weighted by Gasteiger charge is 2.19. The second-order valence-corrected chi connectivity index (χ2v) is 15.3. The minimum absolute atomic E-state index is 0.134. The lowest BCUT2D eigenvalue weighted by Crippen LogP contribution is -2.23. The van der Waals surface area contributed by atoms with Crippen LogP contribution in [-0.2, 0) is 18.5 Å². The number of aryl methyl sites for hydroxylation is 1. The van der Waals surface area contributed by atoms with E-state index in [1.54, 1.807) is 37.6 Å². The summed E-state index contributed by atoms with van der Waals surface area (Å²) in [6, 6.07) is 8.99. The molecular formula is C25H28F2N4O3Si. The zero-order valence-corrected chi connectivity index (χ0v) is 21.1. The van der Waals surface area contributed by atoms with E-state index in [1.807, 2.05) is 0 Å². The van der Waals surface area contributed by atoms with Gasteiger partial charge in [0.1, 0.15) is 23.8 Å². The Labute approximate surface area is 202 Å². The minimum atomic E-state index is -1.25. The fraction of sp³-hybridized carbons (Fsp3) is 0.280. The number of aromatic nitrogens is 3. The SMILES string of the molecule is Cn1cc(-c2cc(N)ccc2Oc2ccc(F)cc2F)c2cnn(COCC[Si](C)(C)C)c2c1=O. The van der Waals surface area contributed by atoms with Gasteiger partial charge in [0.2, 0.25) is 0 Å². The maximum Gasteiger partial charge on any atom is 0.276 e. The average Bonchev–Trinajstić information content (AvgIpc) is 3.20. The van der Waals surface area contributed by atoms with Gasteiger partial charge in [-0.2, -0.15) is 5.10 Å².